The summed E-state index contributed by atoms with van der Waals surface area (Å²) in [4.78, 5) is 37.1. The molecule has 2 aliphatic heterocycles. The molecule has 2 saturated heterocycles. The Morgan fingerprint density at radius 1 is 1.03 bits per heavy atom. The van der Waals surface area contributed by atoms with Crippen molar-refractivity contribution in [3.8, 4) is 0 Å². The van der Waals surface area contributed by atoms with Gasteiger partial charge < -0.3 is 10.6 Å². The molecular weight excluding hydrogens is 378 g/mol. The van der Waals surface area contributed by atoms with E-state index in [1.165, 1.54) is 0 Å². The second-order valence-corrected chi connectivity index (χ2v) is 8.38. The van der Waals surface area contributed by atoms with E-state index in [9.17, 15) is 9.59 Å². The van der Waals surface area contributed by atoms with Gasteiger partial charge in [0, 0.05) is 49.8 Å². The van der Waals surface area contributed by atoms with Gasteiger partial charge in [-0.15, -0.1) is 0 Å². The smallest absolute Gasteiger partial charge is 0.247 e. The van der Waals surface area contributed by atoms with Crippen LogP contribution in [0.1, 0.15) is 41.7 Å². The van der Waals surface area contributed by atoms with Crippen molar-refractivity contribution in [1.29, 1.82) is 0 Å². The van der Waals surface area contributed by atoms with Crippen LogP contribution in [0.2, 0.25) is 0 Å². The number of H-pyrrole nitrogens is 1. The summed E-state index contributed by atoms with van der Waals surface area (Å²) >= 11 is 0. The number of nitrogens with two attached hydrogens (primary N) is 1. The third kappa shape index (κ3) is 4.84. The Morgan fingerprint density at radius 2 is 1.77 bits per heavy atom. The second-order valence-electron chi connectivity index (χ2n) is 8.38. The van der Waals surface area contributed by atoms with Crippen molar-refractivity contribution in [2.75, 3.05) is 31.9 Å². The topological polar surface area (TPSA) is 93.7 Å². The highest BCUT2D eigenvalue weighted by Crippen LogP contribution is 2.26. The van der Waals surface area contributed by atoms with E-state index in [0.29, 0.717) is 24.6 Å². The van der Waals surface area contributed by atoms with E-state index in [4.69, 9.17) is 5.73 Å². The highest BCUT2D eigenvalue weighted by Gasteiger charge is 2.34. The van der Waals surface area contributed by atoms with Crippen LogP contribution in [0.3, 0.4) is 0 Å². The van der Waals surface area contributed by atoms with Gasteiger partial charge in [-0.05, 0) is 62.5 Å². The van der Waals surface area contributed by atoms with Gasteiger partial charge in [-0.25, -0.2) is 9.97 Å². The molecule has 30 heavy (non-hydrogen) atoms. The number of amides is 1. The number of aromatic nitrogens is 2. The Balaban J connectivity index is 1.24. The average molecular weight is 409 g/mol. The van der Waals surface area contributed by atoms with E-state index in [-0.39, 0.29) is 23.5 Å². The van der Waals surface area contributed by atoms with Gasteiger partial charge in [0.2, 0.25) is 17.4 Å². The minimum absolute atomic E-state index is 0.00217. The maximum Gasteiger partial charge on any atom is 0.247 e. The predicted octanol–water partition coefficient (Wildman–Crippen LogP) is 1.81. The first kappa shape index (κ1) is 20.5. The molecule has 7 heteroatoms. The third-order valence-corrected chi connectivity index (χ3v) is 6.34. The summed E-state index contributed by atoms with van der Waals surface area (Å²) in [6, 6.07) is 9.48. The zero-order valence-corrected chi connectivity index (χ0v) is 17.3. The van der Waals surface area contributed by atoms with E-state index in [2.05, 4.69) is 14.9 Å². The highest BCUT2D eigenvalue weighted by atomic mass is 16.2. The van der Waals surface area contributed by atoms with Crippen molar-refractivity contribution in [2.45, 2.75) is 32.2 Å². The summed E-state index contributed by atoms with van der Waals surface area (Å²) in [6.45, 7) is 4.03. The number of piperidine rings is 2. The lowest BCUT2D eigenvalue weighted by Crippen LogP contribution is -2.46. The van der Waals surface area contributed by atoms with E-state index in [1.807, 2.05) is 35.2 Å². The third-order valence-electron chi connectivity index (χ3n) is 6.34. The van der Waals surface area contributed by atoms with Gasteiger partial charge in [0.05, 0.1) is 0 Å². The van der Waals surface area contributed by atoms with Crippen molar-refractivity contribution < 1.29 is 14.6 Å². The molecule has 3 N–H and O–H groups in total. The maximum atomic E-state index is 13.0. The molecule has 158 valence electrons. The number of likely N-dealkylation sites (tertiary alicyclic amines) is 2. The summed E-state index contributed by atoms with van der Waals surface area (Å²) < 4.78 is 0. The van der Waals surface area contributed by atoms with Gasteiger partial charge >= 0.3 is 0 Å². The van der Waals surface area contributed by atoms with Gasteiger partial charge in [0.25, 0.3) is 0 Å². The second kappa shape index (κ2) is 9.34. The van der Waals surface area contributed by atoms with Gasteiger partial charge in [-0.2, -0.15) is 0 Å². The van der Waals surface area contributed by atoms with Crippen molar-refractivity contribution in [1.82, 2.24) is 14.8 Å². The molecule has 0 unspecified atom stereocenters. The molecule has 2 aromatic heterocycles. The maximum absolute atomic E-state index is 13.0. The molecule has 0 aliphatic carbocycles. The Kier molecular flexibility index (Phi) is 6.38. The Morgan fingerprint density at radius 3 is 2.43 bits per heavy atom. The highest BCUT2D eigenvalue weighted by molar-refractivity contribution is 5.94. The number of ketones is 1. The average Bonchev–Trinajstić information content (AvgIpc) is 2.79. The van der Waals surface area contributed by atoms with Crippen molar-refractivity contribution >= 4 is 17.5 Å². The number of pyridine rings is 2. The number of hydrogen-bond acceptors (Lipinski definition) is 5. The van der Waals surface area contributed by atoms with Crippen LogP contribution in [0.5, 0.6) is 0 Å². The van der Waals surface area contributed by atoms with E-state index < -0.39 is 0 Å². The van der Waals surface area contributed by atoms with Crippen molar-refractivity contribution in [2.24, 2.45) is 11.8 Å². The fourth-order valence-electron chi connectivity index (χ4n) is 4.58. The minimum Gasteiger partial charge on any atom is -0.384 e. The number of rotatable bonds is 5. The zero-order chi connectivity index (χ0) is 20.9. The lowest BCUT2D eigenvalue weighted by atomic mass is 9.89. The number of aromatic amines is 1. The number of Topliss-reactive ketones (excluding diaryl/α,β-unsaturated/α-hetero) is 1. The Bertz CT molecular complexity index is 872. The van der Waals surface area contributed by atoms with Crippen LogP contribution in [0.4, 0.5) is 5.82 Å². The molecule has 4 rings (SSSR count). The standard InChI is InChI=1S/C23H29N5O2/c24-21-15-17(4-10-26-21)16-27-11-5-19(6-12-27)23(30)28-13-7-18(8-14-28)22(29)20-3-1-2-9-25-20/h1-4,9-10,15,18-19H,5-8,11-14,16H2,(H2,24,26)/p+1. The van der Waals surface area contributed by atoms with Crippen LogP contribution in [0.15, 0.2) is 42.7 Å². The number of carbonyl (C=O) groups excluding carboxylic acids is 2. The molecule has 7 nitrogen and oxygen atoms in total. The largest absolute Gasteiger partial charge is 0.384 e. The monoisotopic (exact) mass is 408 g/mol. The fourth-order valence-corrected chi connectivity index (χ4v) is 4.58. The van der Waals surface area contributed by atoms with Gasteiger partial charge in [-0.1, -0.05) is 0 Å². The van der Waals surface area contributed by atoms with E-state index >= 15 is 0 Å². The summed E-state index contributed by atoms with van der Waals surface area (Å²) in [7, 11) is 0. The molecule has 0 aromatic carbocycles. The van der Waals surface area contributed by atoms with Crippen LogP contribution >= 0.6 is 0 Å². The van der Waals surface area contributed by atoms with Crippen LogP contribution in [0, 0.1) is 11.8 Å². The van der Waals surface area contributed by atoms with Crippen LogP contribution in [-0.4, -0.2) is 52.7 Å². The van der Waals surface area contributed by atoms with Gasteiger partial charge in [0.1, 0.15) is 5.82 Å². The van der Waals surface area contributed by atoms with Crippen molar-refractivity contribution in [3.63, 3.8) is 0 Å². The van der Waals surface area contributed by atoms with Gasteiger partial charge in [-0.3, -0.25) is 14.5 Å². The van der Waals surface area contributed by atoms with E-state index in [0.717, 1.165) is 50.9 Å². The summed E-state index contributed by atoms with van der Waals surface area (Å²) in [5.74, 6) is 1.07. The zero-order valence-electron chi connectivity index (χ0n) is 17.3. The normalized spacial score (nSPS) is 19.0. The summed E-state index contributed by atoms with van der Waals surface area (Å²) in [6.07, 6.45) is 6.78. The molecule has 0 radical (unpaired) electrons. The first-order valence-corrected chi connectivity index (χ1v) is 10.8. The minimum atomic E-state index is 0.00217. The molecular formula is C23H30N5O2+. The summed E-state index contributed by atoms with van der Waals surface area (Å²) in [5.41, 5.74) is 7.59. The lowest BCUT2D eigenvalue weighted by Gasteiger charge is -2.36. The quantitative estimate of drug-likeness (QED) is 0.762. The Hall–Kier alpha value is -2.80. The number of nitrogens with one attached hydrogen (secondary N) is 1. The van der Waals surface area contributed by atoms with Crippen LogP contribution in [0.25, 0.3) is 0 Å². The fraction of sp³-hybridized carbons (Fsp3) is 0.478. The lowest BCUT2D eigenvalue weighted by molar-refractivity contribution is -0.382. The number of anilines is 1. The first-order valence-electron chi connectivity index (χ1n) is 10.8. The van der Waals surface area contributed by atoms with Crippen LogP contribution in [-0.2, 0) is 11.3 Å². The molecule has 0 saturated carbocycles. The summed E-state index contributed by atoms with van der Waals surface area (Å²) in [5, 5.41) is 0. The van der Waals surface area contributed by atoms with E-state index in [1.54, 1.807) is 12.4 Å². The first-order chi connectivity index (χ1) is 14.6. The molecule has 2 aliphatic rings. The number of carbonyl (C=O) groups is 2. The molecule has 0 spiro atoms. The van der Waals surface area contributed by atoms with Gasteiger partial charge in [0.15, 0.2) is 6.20 Å². The number of nitrogen functional groups attached to an aromatic ring is 1. The molecule has 1 amide bonds. The molecule has 0 bridgehead atoms. The molecule has 2 aromatic rings. The Labute approximate surface area is 177 Å². The van der Waals surface area contributed by atoms with Crippen LogP contribution < -0.4 is 10.7 Å². The molecule has 0 atom stereocenters. The number of hydrogen-bond donors (Lipinski definition) is 1. The SMILES string of the molecule is Nc1cc(CN2CCC(C(=O)N3CCC(C(=O)c4cccc[nH+]4)CC3)CC2)ccn1. The molecule has 2 fully saturated rings. The molecule has 4 heterocycles. The predicted molar refractivity (Wildman–Crippen MR) is 113 cm³/mol. The number of nitrogens with zero attached hydrogens (tertiary/aromatic N) is 3. The van der Waals surface area contributed by atoms with Crippen molar-refractivity contribution in [3.05, 3.63) is 54.0 Å².